The number of hydrogen-bond acceptors (Lipinski definition) is 2. The van der Waals surface area contributed by atoms with Gasteiger partial charge in [-0.25, -0.2) is 0 Å². The number of aromatic nitrogens is 1. The zero-order valence-corrected chi connectivity index (χ0v) is 12.1. The molecule has 3 atom stereocenters. The Morgan fingerprint density at radius 2 is 2.15 bits per heavy atom. The molecule has 4 heteroatoms. The minimum Gasteiger partial charge on any atom is -0.363 e. The molecule has 1 saturated heterocycles. The minimum atomic E-state index is 0.157. The molecule has 110 valence electrons. The third kappa shape index (κ3) is 2.49. The van der Waals surface area contributed by atoms with Crippen molar-refractivity contribution in [2.45, 2.75) is 44.6 Å². The number of hydrogen-bond donors (Lipinski definition) is 2. The molecule has 2 heterocycles. The van der Waals surface area contributed by atoms with Gasteiger partial charge >= 0.3 is 0 Å². The van der Waals surface area contributed by atoms with Crippen molar-refractivity contribution in [2.75, 3.05) is 13.1 Å². The molecule has 3 unspecified atom stereocenters. The van der Waals surface area contributed by atoms with Crippen molar-refractivity contribution in [3.8, 4) is 0 Å². The summed E-state index contributed by atoms with van der Waals surface area (Å²) in [5, 5.41) is 0. The molecule has 20 heavy (non-hydrogen) atoms. The average Bonchev–Trinajstić information content (AvgIpc) is 3.16. The van der Waals surface area contributed by atoms with E-state index in [1.54, 1.807) is 0 Å². The number of nitrogens with zero attached hydrogens (tertiary/aromatic N) is 1. The van der Waals surface area contributed by atoms with Crippen molar-refractivity contribution in [1.29, 1.82) is 0 Å². The highest BCUT2D eigenvalue weighted by atomic mass is 16.2. The Hall–Kier alpha value is -1.29. The van der Waals surface area contributed by atoms with Crippen LogP contribution in [-0.2, 0) is 4.79 Å². The van der Waals surface area contributed by atoms with Crippen LogP contribution in [0.3, 0.4) is 0 Å². The minimum absolute atomic E-state index is 0.157. The van der Waals surface area contributed by atoms with E-state index in [-0.39, 0.29) is 12.0 Å². The lowest BCUT2D eigenvalue weighted by Gasteiger charge is -2.34. The van der Waals surface area contributed by atoms with Crippen LogP contribution in [-0.4, -0.2) is 28.9 Å². The number of amides is 1. The van der Waals surface area contributed by atoms with E-state index in [1.165, 1.54) is 18.5 Å². The molecule has 1 aliphatic carbocycles. The number of likely N-dealkylation sites (tertiary alicyclic amines) is 1. The summed E-state index contributed by atoms with van der Waals surface area (Å²) in [6.45, 7) is 1.55. The first kappa shape index (κ1) is 13.7. The number of H-pyrrole nitrogens is 1. The molecule has 3 N–H and O–H groups in total. The summed E-state index contributed by atoms with van der Waals surface area (Å²) in [6.07, 6.45) is 8.67. The van der Waals surface area contributed by atoms with E-state index in [9.17, 15) is 4.79 Å². The molecular formula is C16H25N3O. The SMILES string of the molecule is NCC1CCCCC1C(=O)N1CCCC1c1ccc[nH]1. The summed E-state index contributed by atoms with van der Waals surface area (Å²) < 4.78 is 0. The molecule has 3 rings (SSSR count). The Bertz CT molecular complexity index is 443. The van der Waals surface area contributed by atoms with Crippen molar-refractivity contribution in [3.63, 3.8) is 0 Å². The number of carbonyl (C=O) groups excluding carboxylic acids is 1. The van der Waals surface area contributed by atoms with Crippen LogP contribution in [0.25, 0.3) is 0 Å². The van der Waals surface area contributed by atoms with Gasteiger partial charge in [-0.05, 0) is 50.3 Å². The molecule has 1 amide bonds. The predicted octanol–water partition coefficient (Wildman–Crippen LogP) is 2.44. The molecule has 4 nitrogen and oxygen atoms in total. The second kappa shape index (κ2) is 6.00. The number of aromatic amines is 1. The van der Waals surface area contributed by atoms with Crippen LogP contribution in [0.2, 0.25) is 0 Å². The Balaban J connectivity index is 1.75. The van der Waals surface area contributed by atoms with E-state index >= 15 is 0 Å². The average molecular weight is 275 g/mol. The molecular weight excluding hydrogens is 250 g/mol. The van der Waals surface area contributed by atoms with Crippen LogP contribution in [0.4, 0.5) is 0 Å². The fraction of sp³-hybridized carbons (Fsp3) is 0.688. The molecule has 0 radical (unpaired) electrons. The van der Waals surface area contributed by atoms with Gasteiger partial charge in [0.25, 0.3) is 0 Å². The first-order chi connectivity index (χ1) is 9.81. The van der Waals surface area contributed by atoms with Gasteiger partial charge in [0.05, 0.1) is 6.04 Å². The van der Waals surface area contributed by atoms with E-state index in [4.69, 9.17) is 5.73 Å². The van der Waals surface area contributed by atoms with Crippen molar-refractivity contribution in [3.05, 3.63) is 24.0 Å². The van der Waals surface area contributed by atoms with Crippen LogP contribution in [0.1, 0.15) is 50.3 Å². The quantitative estimate of drug-likeness (QED) is 0.890. The van der Waals surface area contributed by atoms with Crippen LogP contribution in [0.5, 0.6) is 0 Å². The van der Waals surface area contributed by atoms with E-state index in [2.05, 4.69) is 16.0 Å². The topological polar surface area (TPSA) is 62.1 Å². The first-order valence-corrected chi connectivity index (χ1v) is 7.95. The Morgan fingerprint density at radius 1 is 1.30 bits per heavy atom. The third-order valence-corrected chi connectivity index (χ3v) is 5.05. The number of nitrogens with two attached hydrogens (primary N) is 1. The maximum absolute atomic E-state index is 12.9. The standard InChI is InChI=1S/C16H25N3O/c17-11-12-5-1-2-6-13(12)16(20)19-10-4-8-15(19)14-7-3-9-18-14/h3,7,9,12-13,15,18H,1-2,4-6,8,10-11,17H2. The van der Waals surface area contributed by atoms with Gasteiger partial charge in [0.2, 0.25) is 5.91 Å². The highest BCUT2D eigenvalue weighted by Gasteiger charge is 2.38. The molecule has 0 aromatic carbocycles. The second-order valence-corrected chi connectivity index (χ2v) is 6.20. The number of rotatable bonds is 3. The van der Waals surface area contributed by atoms with E-state index in [0.29, 0.717) is 18.4 Å². The summed E-state index contributed by atoms with van der Waals surface area (Å²) in [5.41, 5.74) is 7.06. The van der Waals surface area contributed by atoms with Gasteiger partial charge in [-0.3, -0.25) is 4.79 Å². The second-order valence-electron chi connectivity index (χ2n) is 6.20. The molecule has 1 aromatic rings. The van der Waals surface area contributed by atoms with E-state index in [0.717, 1.165) is 32.2 Å². The van der Waals surface area contributed by atoms with Gasteiger partial charge in [0, 0.05) is 24.4 Å². The first-order valence-electron chi connectivity index (χ1n) is 7.95. The Kier molecular flexibility index (Phi) is 4.10. The van der Waals surface area contributed by atoms with Gasteiger partial charge in [0.15, 0.2) is 0 Å². The van der Waals surface area contributed by atoms with Gasteiger partial charge in [0.1, 0.15) is 0 Å². The smallest absolute Gasteiger partial charge is 0.226 e. The van der Waals surface area contributed by atoms with Crippen molar-refractivity contribution < 1.29 is 4.79 Å². The van der Waals surface area contributed by atoms with Crippen molar-refractivity contribution in [2.24, 2.45) is 17.6 Å². The molecule has 0 bridgehead atoms. The largest absolute Gasteiger partial charge is 0.363 e. The van der Waals surface area contributed by atoms with Gasteiger partial charge in [-0.2, -0.15) is 0 Å². The van der Waals surface area contributed by atoms with Crippen LogP contribution in [0, 0.1) is 11.8 Å². The molecule has 1 aromatic heterocycles. The molecule has 2 fully saturated rings. The van der Waals surface area contributed by atoms with E-state index in [1.807, 2.05) is 12.3 Å². The van der Waals surface area contributed by atoms with Crippen LogP contribution >= 0.6 is 0 Å². The molecule has 0 spiro atoms. The summed E-state index contributed by atoms with van der Waals surface area (Å²) in [7, 11) is 0. The maximum Gasteiger partial charge on any atom is 0.226 e. The summed E-state index contributed by atoms with van der Waals surface area (Å²) in [5.74, 6) is 0.891. The highest BCUT2D eigenvalue weighted by Crippen LogP contribution is 2.37. The predicted molar refractivity (Wildman–Crippen MR) is 79.0 cm³/mol. The highest BCUT2D eigenvalue weighted by molar-refractivity contribution is 5.80. The summed E-state index contributed by atoms with van der Waals surface area (Å²) >= 11 is 0. The van der Waals surface area contributed by atoms with Crippen molar-refractivity contribution in [1.82, 2.24) is 9.88 Å². The lowest BCUT2D eigenvalue weighted by Crippen LogP contribution is -2.42. The van der Waals surface area contributed by atoms with Gasteiger partial charge in [-0.15, -0.1) is 0 Å². The lowest BCUT2D eigenvalue weighted by atomic mass is 9.78. The lowest BCUT2D eigenvalue weighted by molar-refractivity contribution is -0.139. The molecule has 1 saturated carbocycles. The van der Waals surface area contributed by atoms with Gasteiger partial charge < -0.3 is 15.6 Å². The third-order valence-electron chi connectivity index (χ3n) is 5.05. The van der Waals surface area contributed by atoms with Gasteiger partial charge in [-0.1, -0.05) is 12.8 Å². The van der Waals surface area contributed by atoms with Crippen LogP contribution < -0.4 is 5.73 Å². The summed E-state index contributed by atoms with van der Waals surface area (Å²) in [4.78, 5) is 18.3. The zero-order chi connectivity index (χ0) is 13.9. The van der Waals surface area contributed by atoms with E-state index < -0.39 is 0 Å². The Labute approximate surface area is 120 Å². The van der Waals surface area contributed by atoms with Crippen molar-refractivity contribution >= 4 is 5.91 Å². The number of nitrogens with one attached hydrogen (secondary N) is 1. The molecule has 2 aliphatic rings. The number of carbonyl (C=O) groups is 1. The summed E-state index contributed by atoms with van der Waals surface area (Å²) in [6, 6.07) is 4.36. The Morgan fingerprint density at radius 3 is 2.90 bits per heavy atom. The van der Waals surface area contributed by atoms with Crippen LogP contribution in [0.15, 0.2) is 18.3 Å². The maximum atomic E-state index is 12.9. The fourth-order valence-electron chi connectivity index (χ4n) is 3.93. The molecule has 1 aliphatic heterocycles. The zero-order valence-electron chi connectivity index (χ0n) is 12.1. The monoisotopic (exact) mass is 275 g/mol. The normalized spacial score (nSPS) is 30.6. The fourth-order valence-corrected chi connectivity index (χ4v) is 3.93.